The highest BCUT2D eigenvalue weighted by atomic mass is 14.6. The van der Waals surface area contributed by atoms with E-state index in [0.717, 1.165) is 18.0 Å². The first-order chi connectivity index (χ1) is 3.29. The first kappa shape index (κ1) is 4.69. The largest absolute Gasteiger partial charge is 0.403 e. The van der Waals surface area contributed by atoms with Crippen molar-refractivity contribution in [2.75, 3.05) is 0 Å². The Bertz CT molecular complexity index is 82.2. The zero-order valence-corrected chi connectivity index (χ0v) is 4.48. The van der Waals surface area contributed by atoms with Gasteiger partial charge in [0.1, 0.15) is 0 Å². The van der Waals surface area contributed by atoms with Crippen molar-refractivity contribution in [1.29, 1.82) is 0 Å². The van der Waals surface area contributed by atoms with Gasteiger partial charge in [-0.15, -0.1) is 0 Å². The molecule has 0 unspecified atom stereocenters. The minimum Gasteiger partial charge on any atom is -0.403 e. The van der Waals surface area contributed by atoms with Crippen LogP contribution in [0.4, 0.5) is 0 Å². The standard InChI is InChI=1S/C6H11N/c1-5(7)4-6-2-3-6/h6H,1-4,7H2. The molecule has 1 nitrogen and oxygen atoms in total. The second-order valence-electron chi connectivity index (χ2n) is 2.31. The average molecular weight is 97.2 g/mol. The highest BCUT2D eigenvalue weighted by Gasteiger charge is 2.20. The SMILES string of the molecule is C=C(N)CC1CC1. The van der Waals surface area contributed by atoms with Crippen molar-refractivity contribution >= 4 is 0 Å². The van der Waals surface area contributed by atoms with Gasteiger partial charge in [0.05, 0.1) is 0 Å². The molecule has 0 amide bonds. The lowest BCUT2D eigenvalue weighted by Gasteiger charge is -1.90. The van der Waals surface area contributed by atoms with E-state index in [1.165, 1.54) is 12.8 Å². The summed E-state index contributed by atoms with van der Waals surface area (Å²) in [4.78, 5) is 0. The Morgan fingerprint density at radius 1 is 1.71 bits per heavy atom. The van der Waals surface area contributed by atoms with E-state index >= 15 is 0 Å². The van der Waals surface area contributed by atoms with Gasteiger partial charge >= 0.3 is 0 Å². The summed E-state index contributed by atoms with van der Waals surface area (Å²) in [6.07, 6.45) is 3.80. The van der Waals surface area contributed by atoms with Gasteiger partial charge in [0, 0.05) is 5.70 Å². The van der Waals surface area contributed by atoms with E-state index in [9.17, 15) is 0 Å². The normalized spacial score (nSPS) is 19.4. The molecular weight excluding hydrogens is 86.1 g/mol. The predicted octanol–water partition coefficient (Wildman–Crippen LogP) is 1.26. The lowest BCUT2D eigenvalue weighted by molar-refractivity contribution is 0.814. The molecule has 0 radical (unpaired) electrons. The fraction of sp³-hybridized carbons (Fsp3) is 0.667. The summed E-state index contributed by atoms with van der Waals surface area (Å²) < 4.78 is 0. The number of allylic oxidation sites excluding steroid dienone is 1. The van der Waals surface area contributed by atoms with Crippen molar-refractivity contribution in [3.05, 3.63) is 12.3 Å². The molecule has 1 fully saturated rings. The molecule has 1 heteroatoms. The molecule has 0 aromatic carbocycles. The molecule has 40 valence electrons. The monoisotopic (exact) mass is 97.1 g/mol. The lowest BCUT2D eigenvalue weighted by Crippen LogP contribution is -1.94. The third kappa shape index (κ3) is 1.62. The number of hydrogen-bond donors (Lipinski definition) is 1. The first-order valence-corrected chi connectivity index (χ1v) is 2.72. The predicted molar refractivity (Wildman–Crippen MR) is 30.7 cm³/mol. The number of rotatable bonds is 2. The highest BCUT2D eigenvalue weighted by Crippen LogP contribution is 2.33. The minimum atomic E-state index is 0.850. The maximum atomic E-state index is 5.34. The van der Waals surface area contributed by atoms with Gasteiger partial charge in [-0.1, -0.05) is 6.58 Å². The molecule has 1 saturated carbocycles. The van der Waals surface area contributed by atoms with Crippen LogP contribution in [0.25, 0.3) is 0 Å². The summed E-state index contributed by atoms with van der Waals surface area (Å²) >= 11 is 0. The highest BCUT2D eigenvalue weighted by molar-refractivity contribution is 4.92. The Balaban J connectivity index is 2.08. The molecule has 1 aliphatic carbocycles. The van der Waals surface area contributed by atoms with Crippen molar-refractivity contribution in [2.24, 2.45) is 11.7 Å². The Kier molecular flexibility index (Phi) is 1.05. The Morgan fingerprint density at radius 3 is 2.43 bits per heavy atom. The third-order valence-corrected chi connectivity index (χ3v) is 1.25. The second kappa shape index (κ2) is 1.57. The second-order valence-corrected chi connectivity index (χ2v) is 2.31. The fourth-order valence-corrected chi connectivity index (χ4v) is 0.693. The lowest BCUT2D eigenvalue weighted by atomic mass is 10.2. The molecule has 1 rings (SSSR count). The smallest absolute Gasteiger partial charge is 0.00102 e. The van der Waals surface area contributed by atoms with Gasteiger partial charge in [-0.25, -0.2) is 0 Å². The van der Waals surface area contributed by atoms with Crippen LogP contribution in [0.1, 0.15) is 19.3 Å². The number of nitrogens with two attached hydrogens (primary N) is 1. The van der Waals surface area contributed by atoms with Crippen molar-refractivity contribution < 1.29 is 0 Å². The van der Waals surface area contributed by atoms with Gasteiger partial charge in [-0.3, -0.25) is 0 Å². The topological polar surface area (TPSA) is 26.0 Å². The summed E-state index contributed by atoms with van der Waals surface area (Å²) in [7, 11) is 0. The van der Waals surface area contributed by atoms with Crippen LogP contribution in [0.15, 0.2) is 12.3 Å². The van der Waals surface area contributed by atoms with Crippen LogP contribution in [-0.2, 0) is 0 Å². The zero-order chi connectivity index (χ0) is 5.28. The van der Waals surface area contributed by atoms with Crippen LogP contribution in [-0.4, -0.2) is 0 Å². The molecule has 0 aromatic heterocycles. The first-order valence-electron chi connectivity index (χ1n) is 2.72. The van der Waals surface area contributed by atoms with E-state index in [2.05, 4.69) is 6.58 Å². The summed E-state index contributed by atoms with van der Waals surface area (Å²) in [5.74, 6) is 0.900. The van der Waals surface area contributed by atoms with Gasteiger partial charge in [0.15, 0.2) is 0 Å². The molecule has 0 spiro atoms. The van der Waals surface area contributed by atoms with E-state index in [1.807, 2.05) is 0 Å². The van der Waals surface area contributed by atoms with Crippen molar-refractivity contribution in [1.82, 2.24) is 0 Å². The van der Waals surface area contributed by atoms with Crippen LogP contribution in [0.3, 0.4) is 0 Å². The molecule has 0 atom stereocenters. The Hall–Kier alpha value is -0.460. The van der Waals surface area contributed by atoms with Crippen molar-refractivity contribution in [3.63, 3.8) is 0 Å². The van der Waals surface area contributed by atoms with Gasteiger partial charge in [-0.2, -0.15) is 0 Å². The molecule has 0 aromatic rings. The molecule has 0 saturated heterocycles. The van der Waals surface area contributed by atoms with Crippen LogP contribution in [0, 0.1) is 5.92 Å². The van der Waals surface area contributed by atoms with E-state index in [0.29, 0.717) is 0 Å². The summed E-state index contributed by atoms with van der Waals surface area (Å²) in [5.41, 5.74) is 6.19. The number of hydrogen-bond acceptors (Lipinski definition) is 1. The molecule has 0 aliphatic heterocycles. The summed E-state index contributed by atoms with van der Waals surface area (Å²) in [5, 5.41) is 0. The molecular formula is C6H11N. The third-order valence-electron chi connectivity index (χ3n) is 1.25. The maximum absolute atomic E-state index is 5.34. The van der Waals surface area contributed by atoms with Crippen molar-refractivity contribution in [2.45, 2.75) is 19.3 Å². The summed E-state index contributed by atoms with van der Waals surface area (Å²) in [6.45, 7) is 3.61. The zero-order valence-electron chi connectivity index (χ0n) is 4.48. The average Bonchev–Trinajstić information content (AvgIpc) is 2.17. The Labute approximate surface area is 44.2 Å². The van der Waals surface area contributed by atoms with Crippen LogP contribution >= 0.6 is 0 Å². The Morgan fingerprint density at radius 2 is 2.29 bits per heavy atom. The molecule has 0 bridgehead atoms. The van der Waals surface area contributed by atoms with Crippen molar-refractivity contribution in [3.8, 4) is 0 Å². The van der Waals surface area contributed by atoms with E-state index in [1.54, 1.807) is 0 Å². The summed E-state index contributed by atoms with van der Waals surface area (Å²) in [6, 6.07) is 0. The molecule has 2 N–H and O–H groups in total. The van der Waals surface area contributed by atoms with Gasteiger partial charge in [0.25, 0.3) is 0 Å². The van der Waals surface area contributed by atoms with E-state index < -0.39 is 0 Å². The quantitative estimate of drug-likeness (QED) is 0.551. The van der Waals surface area contributed by atoms with Crippen LogP contribution in [0.5, 0.6) is 0 Å². The molecule has 0 heterocycles. The van der Waals surface area contributed by atoms with Gasteiger partial charge in [0.2, 0.25) is 0 Å². The van der Waals surface area contributed by atoms with Gasteiger partial charge < -0.3 is 5.73 Å². The molecule has 7 heavy (non-hydrogen) atoms. The fourth-order valence-electron chi connectivity index (χ4n) is 0.693. The van der Waals surface area contributed by atoms with E-state index in [-0.39, 0.29) is 0 Å². The minimum absolute atomic E-state index is 0.850. The maximum Gasteiger partial charge on any atom is 0.00102 e. The van der Waals surface area contributed by atoms with Gasteiger partial charge in [-0.05, 0) is 25.2 Å². The van der Waals surface area contributed by atoms with Crippen LogP contribution in [0.2, 0.25) is 0 Å². The van der Waals surface area contributed by atoms with Crippen LogP contribution < -0.4 is 5.73 Å². The van der Waals surface area contributed by atoms with E-state index in [4.69, 9.17) is 5.73 Å². The molecule has 1 aliphatic rings.